The van der Waals surface area contributed by atoms with E-state index >= 15 is 0 Å². The molecule has 1 aromatic carbocycles. The van der Waals surface area contributed by atoms with E-state index in [1.165, 1.54) is 0 Å². The number of benzene rings is 1. The van der Waals surface area contributed by atoms with E-state index in [-0.39, 0.29) is 5.91 Å². The highest BCUT2D eigenvalue weighted by atomic mass is 16.5. The van der Waals surface area contributed by atoms with Crippen LogP contribution < -0.4 is 15.4 Å². The molecule has 1 aromatic rings. The van der Waals surface area contributed by atoms with Gasteiger partial charge in [0.25, 0.3) is 0 Å². The molecular formula is C11H14N2O2. The molecule has 2 rings (SSSR count). The van der Waals surface area contributed by atoms with E-state index in [4.69, 9.17) is 10.5 Å². The van der Waals surface area contributed by atoms with Gasteiger partial charge in [-0.05, 0) is 17.7 Å². The van der Waals surface area contributed by atoms with Crippen LogP contribution >= 0.6 is 0 Å². The number of amides is 1. The lowest BCUT2D eigenvalue weighted by Crippen LogP contribution is -2.25. The van der Waals surface area contributed by atoms with Crippen LogP contribution in [0.5, 0.6) is 5.75 Å². The number of nitrogens with zero attached hydrogens (tertiary/aromatic N) is 1. The van der Waals surface area contributed by atoms with Crippen LogP contribution in [0.15, 0.2) is 18.2 Å². The summed E-state index contributed by atoms with van der Waals surface area (Å²) in [7, 11) is 1.76. The molecule has 0 fully saturated rings. The maximum Gasteiger partial charge on any atom is 0.230 e. The number of carbonyl (C=O) groups is 1. The van der Waals surface area contributed by atoms with Crippen molar-refractivity contribution in [2.45, 2.75) is 13.0 Å². The Morgan fingerprint density at radius 1 is 1.53 bits per heavy atom. The maximum atomic E-state index is 11.6. The third-order valence-electron chi connectivity index (χ3n) is 2.57. The Kier molecular flexibility index (Phi) is 2.60. The molecule has 80 valence electrons. The van der Waals surface area contributed by atoms with Crippen molar-refractivity contribution >= 4 is 11.6 Å². The first-order valence-electron chi connectivity index (χ1n) is 4.94. The van der Waals surface area contributed by atoms with Gasteiger partial charge in [0.1, 0.15) is 5.75 Å². The minimum atomic E-state index is 0.0780. The van der Waals surface area contributed by atoms with Crippen LogP contribution in [0.25, 0.3) is 0 Å². The highest BCUT2D eigenvalue weighted by Gasteiger charge is 2.19. The molecule has 0 saturated heterocycles. The predicted molar refractivity (Wildman–Crippen MR) is 57.9 cm³/mol. The standard InChI is InChI=1S/C11H14N2O2/c1-13-9-3-2-8(7-12)6-10(9)15-5-4-11(13)14/h2-3,6H,4-5,7,12H2,1H3. The molecule has 1 aliphatic rings. The highest BCUT2D eigenvalue weighted by molar-refractivity contribution is 5.95. The van der Waals surface area contributed by atoms with Crippen LogP contribution in [0.3, 0.4) is 0 Å². The summed E-state index contributed by atoms with van der Waals surface area (Å²) >= 11 is 0. The average molecular weight is 206 g/mol. The molecular weight excluding hydrogens is 192 g/mol. The summed E-state index contributed by atoms with van der Waals surface area (Å²) in [5.41, 5.74) is 7.37. The summed E-state index contributed by atoms with van der Waals surface area (Å²) in [6.45, 7) is 0.915. The molecule has 0 aliphatic carbocycles. The SMILES string of the molecule is CN1C(=O)CCOc2cc(CN)ccc21. The number of fused-ring (bicyclic) bond motifs is 1. The number of nitrogens with two attached hydrogens (primary N) is 1. The monoisotopic (exact) mass is 206 g/mol. The number of rotatable bonds is 1. The predicted octanol–water partition coefficient (Wildman–Crippen LogP) is 0.891. The topological polar surface area (TPSA) is 55.6 Å². The highest BCUT2D eigenvalue weighted by Crippen LogP contribution is 2.31. The molecule has 0 aromatic heterocycles. The lowest BCUT2D eigenvalue weighted by molar-refractivity contribution is -0.118. The third-order valence-corrected chi connectivity index (χ3v) is 2.57. The molecule has 0 atom stereocenters. The van der Waals surface area contributed by atoms with E-state index in [1.807, 2.05) is 18.2 Å². The summed E-state index contributed by atoms with van der Waals surface area (Å²) in [4.78, 5) is 13.2. The third kappa shape index (κ3) is 1.80. The van der Waals surface area contributed by atoms with E-state index < -0.39 is 0 Å². The molecule has 0 bridgehead atoms. The number of carbonyl (C=O) groups excluding carboxylic acids is 1. The van der Waals surface area contributed by atoms with Crippen LogP contribution in [-0.4, -0.2) is 19.6 Å². The number of anilines is 1. The van der Waals surface area contributed by atoms with Gasteiger partial charge in [-0.1, -0.05) is 6.07 Å². The zero-order valence-corrected chi connectivity index (χ0v) is 8.69. The van der Waals surface area contributed by atoms with Crippen molar-refractivity contribution < 1.29 is 9.53 Å². The molecule has 0 saturated carbocycles. The molecule has 0 radical (unpaired) electrons. The minimum absolute atomic E-state index is 0.0780. The fraction of sp³-hybridized carbons (Fsp3) is 0.364. The molecule has 1 amide bonds. The van der Waals surface area contributed by atoms with Gasteiger partial charge in [0, 0.05) is 13.6 Å². The average Bonchev–Trinajstić information content (AvgIpc) is 2.40. The van der Waals surface area contributed by atoms with E-state index in [0.717, 1.165) is 17.0 Å². The van der Waals surface area contributed by atoms with E-state index in [1.54, 1.807) is 11.9 Å². The smallest absolute Gasteiger partial charge is 0.230 e. The van der Waals surface area contributed by atoms with Crippen LogP contribution in [0.4, 0.5) is 5.69 Å². The van der Waals surface area contributed by atoms with Crippen molar-refractivity contribution in [1.29, 1.82) is 0 Å². The minimum Gasteiger partial charge on any atom is -0.491 e. The summed E-state index contributed by atoms with van der Waals surface area (Å²) in [5.74, 6) is 0.820. The van der Waals surface area contributed by atoms with Crippen LogP contribution in [0.1, 0.15) is 12.0 Å². The summed E-state index contributed by atoms with van der Waals surface area (Å²) in [6, 6.07) is 5.68. The normalized spacial score (nSPS) is 15.6. The summed E-state index contributed by atoms with van der Waals surface area (Å²) < 4.78 is 5.51. The second-order valence-electron chi connectivity index (χ2n) is 3.56. The first-order chi connectivity index (χ1) is 7.22. The number of hydrogen-bond acceptors (Lipinski definition) is 3. The van der Waals surface area contributed by atoms with Crippen LogP contribution in [0.2, 0.25) is 0 Å². The Morgan fingerprint density at radius 2 is 2.33 bits per heavy atom. The fourth-order valence-corrected chi connectivity index (χ4v) is 1.63. The van der Waals surface area contributed by atoms with E-state index in [2.05, 4.69) is 0 Å². The lowest BCUT2D eigenvalue weighted by Gasteiger charge is -2.16. The Balaban J connectivity index is 2.43. The molecule has 1 aliphatic heterocycles. The fourth-order valence-electron chi connectivity index (χ4n) is 1.63. The summed E-state index contributed by atoms with van der Waals surface area (Å²) in [6.07, 6.45) is 0.420. The largest absolute Gasteiger partial charge is 0.491 e. The Bertz CT molecular complexity index is 390. The van der Waals surface area contributed by atoms with Gasteiger partial charge in [-0.15, -0.1) is 0 Å². The van der Waals surface area contributed by atoms with Gasteiger partial charge in [0.15, 0.2) is 0 Å². The van der Waals surface area contributed by atoms with Gasteiger partial charge in [0.05, 0.1) is 18.7 Å². The van der Waals surface area contributed by atoms with E-state index in [9.17, 15) is 4.79 Å². The first kappa shape index (κ1) is 9.98. The van der Waals surface area contributed by atoms with Gasteiger partial charge in [0.2, 0.25) is 5.91 Å². The van der Waals surface area contributed by atoms with Gasteiger partial charge in [-0.3, -0.25) is 4.79 Å². The second kappa shape index (κ2) is 3.90. The van der Waals surface area contributed by atoms with Crippen molar-refractivity contribution in [1.82, 2.24) is 0 Å². The lowest BCUT2D eigenvalue weighted by atomic mass is 10.2. The second-order valence-corrected chi connectivity index (χ2v) is 3.56. The quantitative estimate of drug-likeness (QED) is 0.742. The molecule has 15 heavy (non-hydrogen) atoms. The zero-order chi connectivity index (χ0) is 10.8. The van der Waals surface area contributed by atoms with Gasteiger partial charge in [-0.25, -0.2) is 0 Å². The first-order valence-corrected chi connectivity index (χ1v) is 4.94. The molecule has 2 N–H and O–H groups in total. The molecule has 0 spiro atoms. The Labute approximate surface area is 88.6 Å². The Hall–Kier alpha value is -1.55. The molecule has 4 heteroatoms. The van der Waals surface area contributed by atoms with Gasteiger partial charge in [-0.2, -0.15) is 0 Å². The molecule has 0 unspecified atom stereocenters. The van der Waals surface area contributed by atoms with Crippen molar-refractivity contribution in [3.8, 4) is 5.75 Å². The van der Waals surface area contributed by atoms with Gasteiger partial charge < -0.3 is 15.4 Å². The van der Waals surface area contributed by atoms with Gasteiger partial charge >= 0.3 is 0 Å². The number of hydrogen-bond donors (Lipinski definition) is 1. The zero-order valence-electron chi connectivity index (χ0n) is 8.69. The van der Waals surface area contributed by atoms with Crippen molar-refractivity contribution in [3.05, 3.63) is 23.8 Å². The van der Waals surface area contributed by atoms with Crippen molar-refractivity contribution in [2.24, 2.45) is 5.73 Å². The maximum absolute atomic E-state index is 11.6. The Morgan fingerprint density at radius 3 is 3.07 bits per heavy atom. The molecule has 1 heterocycles. The summed E-state index contributed by atoms with van der Waals surface area (Å²) in [5, 5.41) is 0. The van der Waals surface area contributed by atoms with Crippen LogP contribution in [0, 0.1) is 0 Å². The number of ether oxygens (including phenoxy) is 1. The van der Waals surface area contributed by atoms with Crippen molar-refractivity contribution in [2.75, 3.05) is 18.6 Å². The molecule has 4 nitrogen and oxygen atoms in total. The van der Waals surface area contributed by atoms with Crippen LogP contribution in [-0.2, 0) is 11.3 Å². The van der Waals surface area contributed by atoms with E-state index in [0.29, 0.717) is 19.6 Å². The van der Waals surface area contributed by atoms with Crippen molar-refractivity contribution in [3.63, 3.8) is 0 Å².